The van der Waals surface area contributed by atoms with Gasteiger partial charge in [-0.25, -0.2) is 4.39 Å². The molecule has 0 bridgehead atoms. The SMILES string of the molecule is O=C(O)CCC1CCN(C(=O)Cc2ccc(F)cc2)CC1. The van der Waals surface area contributed by atoms with Crippen LogP contribution in [-0.2, 0) is 16.0 Å². The van der Waals surface area contributed by atoms with Crippen molar-refractivity contribution in [2.24, 2.45) is 5.92 Å². The Kier molecular flexibility index (Phi) is 5.31. The highest BCUT2D eigenvalue weighted by atomic mass is 19.1. The number of hydrogen-bond acceptors (Lipinski definition) is 2. The van der Waals surface area contributed by atoms with Crippen molar-refractivity contribution in [3.05, 3.63) is 35.6 Å². The van der Waals surface area contributed by atoms with Gasteiger partial charge < -0.3 is 10.0 Å². The lowest BCUT2D eigenvalue weighted by atomic mass is 9.92. The van der Waals surface area contributed by atoms with Gasteiger partial charge >= 0.3 is 5.97 Å². The molecule has 1 aliphatic heterocycles. The number of carboxylic acid groups (broad SMARTS) is 1. The number of hydrogen-bond donors (Lipinski definition) is 1. The van der Waals surface area contributed by atoms with Crippen molar-refractivity contribution in [1.82, 2.24) is 4.90 Å². The fourth-order valence-corrected chi connectivity index (χ4v) is 2.69. The molecule has 0 atom stereocenters. The van der Waals surface area contributed by atoms with E-state index in [2.05, 4.69) is 0 Å². The molecular weight excluding hydrogens is 273 g/mol. The lowest BCUT2D eigenvalue weighted by Crippen LogP contribution is -2.39. The molecule has 0 saturated carbocycles. The van der Waals surface area contributed by atoms with Crippen molar-refractivity contribution < 1.29 is 19.1 Å². The normalized spacial score (nSPS) is 16.0. The van der Waals surface area contributed by atoms with Gasteiger partial charge in [-0.15, -0.1) is 0 Å². The summed E-state index contributed by atoms with van der Waals surface area (Å²) in [6.07, 6.45) is 2.91. The largest absolute Gasteiger partial charge is 0.481 e. The van der Waals surface area contributed by atoms with Crippen LogP contribution in [-0.4, -0.2) is 35.0 Å². The number of rotatable bonds is 5. The number of likely N-dealkylation sites (tertiary alicyclic amines) is 1. The Balaban J connectivity index is 1.77. The fraction of sp³-hybridized carbons (Fsp3) is 0.500. The average molecular weight is 293 g/mol. The van der Waals surface area contributed by atoms with Gasteiger partial charge in [-0.3, -0.25) is 9.59 Å². The van der Waals surface area contributed by atoms with Gasteiger partial charge in [0.25, 0.3) is 0 Å². The van der Waals surface area contributed by atoms with Crippen molar-refractivity contribution in [1.29, 1.82) is 0 Å². The topological polar surface area (TPSA) is 57.6 Å². The molecule has 0 spiro atoms. The van der Waals surface area contributed by atoms with E-state index in [1.165, 1.54) is 12.1 Å². The maximum absolute atomic E-state index is 12.8. The van der Waals surface area contributed by atoms with Crippen LogP contribution in [0.1, 0.15) is 31.2 Å². The molecule has 114 valence electrons. The minimum absolute atomic E-state index is 0.0540. The first-order chi connectivity index (χ1) is 10.0. The van der Waals surface area contributed by atoms with E-state index in [1.54, 1.807) is 12.1 Å². The van der Waals surface area contributed by atoms with Crippen molar-refractivity contribution in [2.75, 3.05) is 13.1 Å². The minimum atomic E-state index is -0.759. The number of aliphatic carboxylic acids is 1. The molecule has 1 N–H and O–H groups in total. The van der Waals surface area contributed by atoms with E-state index in [4.69, 9.17) is 5.11 Å². The number of carbonyl (C=O) groups is 2. The summed E-state index contributed by atoms with van der Waals surface area (Å²) in [5, 5.41) is 8.68. The monoisotopic (exact) mass is 293 g/mol. The van der Waals surface area contributed by atoms with Crippen molar-refractivity contribution in [3.8, 4) is 0 Å². The second-order valence-corrected chi connectivity index (χ2v) is 5.56. The smallest absolute Gasteiger partial charge is 0.303 e. The second-order valence-electron chi connectivity index (χ2n) is 5.56. The number of amides is 1. The molecule has 0 aliphatic carbocycles. The van der Waals surface area contributed by atoms with Crippen LogP contribution in [0.15, 0.2) is 24.3 Å². The molecule has 0 radical (unpaired) electrons. The molecule has 2 rings (SSSR count). The third-order valence-electron chi connectivity index (χ3n) is 4.00. The van der Waals surface area contributed by atoms with Gasteiger partial charge in [0.15, 0.2) is 0 Å². The van der Waals surface area contributed by atoms with Gasteiger partial charge in [0.2, 0.25) is 5.91 Å². The minimum Gasteiger partial charge on any atom is -0.481 e. The summed E-state index contributed by atoms with van der Waals surface area (Å²) in [5.74, 6) is -0.607. The maximum Gasteiger partial charge on any atom is 0.303 e. The molecule has 0 unspecified atom stereocenters. The van der Waals surface area contributed by atoms with Crippen LogP contribution in [0.2, 0.25) is 0 Å². The van der Waals surface area contributed by atoms with E-state index in [0.29, 0.717) is 31.8 Å². The lowest BCUT2D eigenvalue weighted by Gasteiger charge is -2.32. The van der Waals surface area contributed by atoms with Gasteiger partial charge in [0.05, 0.1) is 6.42 Å². The van der Waals surface area contributed by atoms with Crippen molar-refractivity contribution in [2.45, 2.75) is 32.1 Å². The Bertz CT molecular complexity index is 493. The summed E-state index contributed by atoms with van der Waals surface area (Å²) in [4.78, 5) is 24.5. The number of carbonyl (C=O) groups excluding carboxylic acids is 1. The Labute approximate surface area is 123 Å². The van der Waals surface area contributed by atoms with E-state index in [1.807, 2.05) is 4.90 Å². The first kappa shape index (κ1) is 15.5. The summed E-state index contributed by atoms with van der Waals surface area (Å²) in [5.41, 5.74) is 0.814. The van der Waals surface area contributed by atoms with Crippen molar-refractivity contribution in [3.63, 3.8) is 0 Å². The summed E-state index contributed by atoms with van der Waals surface area (Å²) in [6.45, 7) is 1.37. The molecule has 0 aromatic heterocycles. The molecule has 1 fully saturated rings. The van der Waals surface area contributed by atoms with Crippen LogP contribution in [0.25, 0.3) is 0 Å². The lowest BCUT2D eigenvalue weighted by molar-refractivity contribution is -0.138. The van der Waals surface area contributed by atoms with Crippen LogP contribution in [0.4, 0.5) is 4.39 Å². The first-order valence-electron chi connectivity index (χ1n) is 7.28. The third kappa shape index (κ3) is 4.85. The predicted molar refractivity (Wildman–Crippen MR) is 76.3 cm³/mol. The zero-order chi connectivity index (χ0) is 15.2. The molecule has 1 aromatic rings. The highest BCUT2D eigenvalue weighted by molar-refractivity contribution is 5.78. The summed E-state index contributed by atoms with van der Waals surface area (Å²) in [6, 6.07) is 5.99. The Hall–Kier alpha value is -1.91. The molecule has 21 heavy (non-hydrogen) atoms. The fourth-order valence-electron chi connectivity index (χ4n) is 2.69. The zero-order valence-electron chi connectivity index (χ0n) is 11.9. The quantitative estimate of drug-likeness (QED) is 0.907. The summed E-state index contributed by atoms with van der Waals surface area (Å²) in [7, 11) is 0. The molecular formula is C16H20FNO3. The van der Waals surface area contributed by atoms with Crippen LogP contribution < -0.4 is 0 Å². The predicted octanol–water partition coefficient (Wildman–Crippen LogP) is 2.47. The van der Waals surface area contributed by atoms with Crippen molar-refractivity contribution >= 4 is 11.9 Å². The van der Waals surface area contributed by atoms with Gasteiger partial charge in [-0.2, -0.15) is 0 Å². The molecule has 1 aromatic carbocycles. The number of carboxylic acids is 1. The van der Waals surface area contributed by atoms with E-state index < -0.39 is 5.97 Å². The van der Waals surface area contributed by atoms with Gasteiger partial charge in [-0.05, 0) is 42.9 Å². The molecule has 1 amide bonds. The number of halogens is 1. The second kappa shape index (κ2) is 7.20. The van der Waals surface area contributed by atoms with E-state index in [9.17, 15) is 14.0 Å². The molecule has 5 heteroatoms. The standard InChI is InChI=1S/C16H20FNO3/c17-14-4-1-13(2-5-14)11-15(19)18-9-7-12(8-10-18)3-6-16(20)21/h1-2,4-5,12H,3,6-11H2,(H,20,21). The Morgan fingerprint density at radius 3 is 2.38 bits per heavy atom. The summed E-state index contributed by atoms with van der Waals surface area (Å²) >= 11 is 0. The van der Waals surface area contributed by atoms with E-state index in [0.717, 1.165) is 18.4 Å². The average Bonchev–Trinajstić information content (AvgIpc) is 2.48. The maximum atomic E-state index is 12.8. The highest BCUT2D eigenvalue weighted by Gasteiger charge is 2.23. The number of benzene rings is 1. The number of piperidine rings is 1. The van der Waals surface area contributed by atoms with Gasteiger partial charge in [-0.1, -0.05) is 12.1 Å². The zero-order valence-corrected chi connectivity index (χ0v) is 11.9. The van der Waals surface area contributed by atoms with Crippen LogP contribution >= 0.6 is 0 Å². The molecule has 1 saturated heterocycles. The summed E-state index contributed by atoms with van der Waals surface area (Å²) < 4.78 is 12.8. The van der Waals surface area contributed by atoms with Gasteiger partial charge in [0, 0.05) is 19.5 Å². The van der Waals surface area contributed by atoms with Gasteiger partial charge in [0.1, 0.15) is 5.82 Å². The molecule has 4 nitrogen and oxygen atoms in total. The number of nitrogens with zero attached hydrogens (tertiary/aromatic N) is 1. The van der Waals surface area contributed by atoms with Crippen LogP contribution in [0.3, 0.4) is 0 Å². The van der Waals surface area contributed by atoms with Crippen LogP contribution in [0, 0.1) is 11.7 Å². The van der Waals surface area contributed by atoms with E-state index >= 15 is 0 Å². The highest BCUT2D eigenvalue weighted by Crippen LogP contribution is 2.22. The Morgan fingerprint density at radius 2 is 1.81 bits per heavy atom. The molecule has 1 aliphatic rings. The van der Waals surface area contributed by atoms with E-state index in [-0.39, 0.29) is 18.1 Å². The van der Waals surface area contributed by atoms with Crippen LogP contribution in [0.5, 0.6) is 0 Å². The Morgan fingerprint density at radius 1 is 1.19 bits per heavy atom. The third-order valence-corrected chi connectivity index (χ3v) is 4.00. The molecule has 1 heterocycles. The first-order valence-corrected chi connectivity index (χ1v) is 7.28.